The van der Waals surface area contributed by atoms with Crippen molar-refractivity contribution in [3.8, 4) is 5.69 Å². The molecule has 8 nitrogen and oxygen atoms in total. The number of aryl methyl sites for hydroxylation is 1. The summed E-state index contributed by atoms with van der Waals surface area (Å²) in [5, 5.41) is 11.5. The number of thiophene rings is 1. The fraction of sp³-hybridized carbons (Fsp3) is 0.174. The highest BCUT2D eigenvalue weighted by atomic mass is 35.5. The van der Waals surface area contributed by atoms with Gasteiger partial charge in [0.05, 0.1) is 27.9 Å². The molecule has 0 fully saturated rings. The van der Waals surface area contributed by atoms with E-state index in [9.17, 15) is 9.59 Å². The number of nitrogens with zero attached hydrogens (tertiary/aromatic N) is 2. The van der Waals surface area contributed by atoms with E-state index in [0.717, 1.165) is 21.6 Å². The van der Waals surface area contributed by atoms with Gasteiger partial charge in [0.25, 0.3) is 5.91 Å². The molecule has 0 aliphatic rings. The maximum atomic E-state index is 12.9. The van der Waals surface area contributed by atoms with Gasteiger partial charge in [-0.3, -0.25) is 10.1 Å². The molecule has 4 rings (SSSR count). The minimum absolute atomic E-state index is 0.149. The van der Waals surface area contributed by atoms with Gasteiger partial charge in [0.15, 0.2) is 0 Å². The first-order valence-corrected chi connectivity index (χ1v) is 11.2. The normalized spacial score (nSPS) is 10.9. The van der Waals surface area contributed by atoms with Crippen LogP contribution in [0.1, 0.15) is 15.4 Å². The van der Waals surface area contributed by atoms with Gasteiger partial charge in [0.2, 0.25) is 0 Å². The molecule has 0 unspecified atom stereocenters. The average Bonchev–Trinajstić information content (AvgIpc) is 3.35. The third-order valence-corrected chi connectivity index (χ3v) is 6.17. The van der Waals surface area contributed by atoms with Gasteiger partial charge in [-0.2, -0.15) is 5.10 Å². The van der Waals surface area contributed by atoms with E-state index >= 15 is 0 Å². The van der Waals surface area contributed by atoms with Crippen LogP contribution in [0.2, 0.25) is 5.02 Å². The molecule has 170 valence electrons. The minimum atomic E-state index is -0.598. The molecule has 33 heavy (non-hydrogen) atoms. The number of methoxy groups -OCH3 is 1. The summed E-state index contributed by atoms with van der Waals surface area (Å²) < 4.78 is 11.6. The number of para-hydroxylation sites is 1. The predicted octanol–water partition coefficient (Wildman–Crippen LogP) is 5.50. The smallest absolute Gasteiger partial charge is 0.411 e. The van der Waals surface area contributed by atoms with E-state index in [-0.39, 0.29) is 12.5 Å². The van der Waals surface area contributed by atoms with Gasteiger partial charge in [-0.05, 0) is 43.3 Å². The van der Waals surface area contributed by atoms with Crippen molar-refractivity contribution in [2.45, 2.75) is 6.92 Å². The average molecular weight is 485 g/mol. The number of hydrogen-bond acceptors (Lipinski definition) is 6. The number of nitrogens with one attached hydrogen (secondary N) is 2. The molecule has 0 aliphatic carbocycles. The summed E-state index contributed by atoms with van der Waals surface area (Å²) in [5.41, 5.74) is 2.59. The molecule has 2 heterocycles. The molecule has 2 N–H and O–H groups in total. The van der Waals surface area contributed by atoms with Crippen LogP contribution in [0.3, 0.4) is 0 Å². The summed E-state index contributed by atoms with van der Waals surface area (Å²) in [6, 6.07) is 16.1. The number of halogens is 1. The fourth-order valence-corrected chi connectivity index (χ4v) is 4.47. The number of rotatable bonds is 7. The first-order valence-electron chi connectivity index (χ1n) is 10.0. The Labute approximate surface area is 199 Å². The fourth-order valence-electron chi connectivity index (χ4n) is 3.18. The molecule has 2 amide bonds. The van der Waals surface area contributed by atoms with Crippen molar-refractivity contribution >= 4 is 56.5 Å². The lowest BCUT2D eigenvalue weighted by Gasteiger charge is -2.09. The number of amides is 2. The third kappa shape index (κ3) is 5.16. The van der Waals surface area contributed by atoms with Crippen LogP contribution in [0.4, 0.5) is 16.2 Å². The molecule has 0 saturated heterocycles. The lowest BCUT2D eigenvalue weighted by Crippen LogP contribution is -2.16. The van der Waals surface area contributed by atoms with Crippen LogP contribution in [0, 0.1) is 6.92 Å². The van der Waals surface area contributed by atoms with Crippen molar-refractivity contribution in [3.05, 3.63) is 70.2 Å². The van der Waals surface area contributed by atoms with Gasteiger partial charge in [0.1, 0.15) is 11.4 Å². The molecule has 2 aromatic carbocycles. The maximum Gasteiger partial charge on any atom is 0.411 e. The largest absolute Gasteiger partial charge is 0.447 e. The monoisotopic (exact) mass is 484 g/mol. The Morgan fingerprint density at radius 1 is 1.06 bits per heavy atom. The molecule has 0 radical (unpaired) electrons. The van der Waals surface area contributed by atoms with Crippen molar-refractivity contribution in [3.63, 3.8) is 0 Å². The number of benzene rings is 2. The second kappa shape index (κ2) is 10.0. The summed E-state index contributed by atoms with van der Waals surface area (Å²) in [6.45, 7) is 2.35. The number of anilines is 2. The van der Waals surface area contributed by atoms with Crippen LogP contribution < -0.4 is 10.6 Å². The molecule has 4 aromatic rings. The Hall–Kier alpha value is -3.40. The molecule has 2 aromatic heterocycles. The lowest BCUT2D eigenvalue weighted by atomic mass is 10.2. The Kier molecular flexibility index (Phi) is 6.93. The Bertz CT molecular complexity index is 1320. The van der Waals surface area contributed by atoms with Crippen LogP contribution in [-0.2, 0) is 9.47 Å². The third-order valence-electron chi connectivity index (χ3n) is 4.74. The van der Waals surface area contributed by atoms with Crippen molar-refractivity contribution in [2.75, 3.05) is 31.0 Å². The number of aromatic nitrogens is 2. The van der Waals surface area contributed by atoms with E-state index in [4.69, 9.17) is 21.1 Å². The molecule has 0 bridgehead atoms. The van der Waals surface area contributed by atoms with Crippen molar-refractivity contribution in [2.24, 2.45) is 0 Å². The van der Waals surface area contributed by atoms with Crippen molar-refractivity contribution < 1.29 is 19.1 Å². The summed E-state index contributed by atoms with van der Waals surface area (Å²) in [4.78, 5) is 26.1. The van der Waals surface area contributed by atoms with Crippen LogP contribution in [0.5, 0.6) is 0 Å². The first kappa shape index (κ1) is 22.8. The molecule has 0 atom stereocenters. The number of ether oxygens (including phenoxy) is 2. The molecular weight excluding hydrogens is 464 g/mol. The second-order valence-corrected chi connectivity index (χ2v) is 8.50. The van der Waals surface area contributed by atoms with Gasteiger partial charge in [-0.1, -0.05) is 29.8 Å². The predicted molar refractivity (Wildman–Crippen MR) is 130 cm³/mol. The van der Waals surface area contributed by atoms with E-state index in [1.807, 2.05) is 31.2 Å². The summed E-state index contributed by atoms with van der Waals surface area (Å²) in [7, 11) is 1.53. The van der Waals surface area contributed by atoms with E-state index in [2.05, 4.69) is 15.7 Å². The Morgan fingerprint density at radius 2 is 1.82 bits per heavy atom. The molecule has 0 spiro atoms. The summed E-state index contributed by atoms with van der Waals surface area (Å²) in [6.07, 6.45) is -0.598. The van der Waals surface area contributed by atoms with E-state index < -0.39 is 6.09 Å². The highest BCUT2D eigenvalue weighted by molar-refractivity contribution is 7.20. The lowest BCUT2D eigenvalue weighted by molar-refractivity contribution is 0.103. The summed E-state index contributed by atoms with van der Waals surface area (Å²) >= 11 is 7.68. The molecule has 0 aliphatic heterocycles. The van der Waals surface area contributed by atoms with Gasteiger partial charge >= 0.3 is 6.09 Å². The Morgan fingerprint density at radius 3 is 2.58 bits per heavy atom. The van der Waals surface area contributed by atoms with E-state index in [0.29, 0.717) is 27.9 Å². The topological polar surface area (TPSA) is 94.5 Å². The van der Waals surface area contributed by atoms with Crippen molar-refractivity contribution in [1.82, 2.24) is 9.78 Å². The molecule has 0 saturated carbocycles. The highest BCUT2D eigenvalue weighted by Gasteiger charge is 2.18. The van der Waals surface area contributed by atoms with Gasteiger partial charge < -0.3 is 14.8 Å². The van der Waals surface area contributed by atoms with E-state index in [1.165, 1.54) is 18.4 Å². The number of carbonyl (C=O) groups is 2. The minimum Gasteiger partial charge on any atom is -0.447 e. The van der Waals surface area contributed by atoms with Crippen LogP contribution in [0.25, 0.3) is 15.9 Å². The zero-order valence-corrected chi connectivity index (χ0v) is 19.5. The molecular formula is C23H21ClN4O4S. The number of hydrogen-bond donors (Lipinski definition) is 2. The second-order valence-electron chi connectivity index (χ2n) is 7.07. The summed E-state index contributed by atoms with van der Waals surface area (Å²) in [5.74, 6) is -0.263. The van der Waals surface area contributed by atoms with Crippen LogP contribution in [0.15, 0.2) is 54.6 Å². The van der Waals surface area contributed by atoms with Gasteiger partial charge in [-0.25, -0.2) is 9.48 Å². The maximum absolute atomic E-state index is 12.9. The first-order chi connectivity index (χ1) is 16.0. The zero-order valence-electron chi connectivity index (χ0n) is 17.9. The Balaban J connectivity index is 1.51. The standard InChI is InChI=1S/C23H21ClN4O4S/c1-14-17-13-20(33-22(17)28(27-14)19-9-4-3-8-18(19)24)21(29)25-15-6-5-7-16(12-15)26-23(30)32-11-10-31-2/h3-9,12-13H,10-11H2,1-2H3,(H,25,29)(H,26,30). The zero-order chi connectivity index (χ0) is 23.4. The number of carbonyl (C=O) groups excluding carboxylic acids is 2. The quantitative estimate of drug-likeness (QED) is 0.338. The van der Waals surface area contributed by atoms with Crippen molar-refractivity contribution in [1.29, 1.82) is 0 Å². The van der Waals surface area contributed by atoms with Crippen LogP contribution in [-0.4, -0.2) is 42.1 Å². The van der Waals surface area contributed by atoms with Gasteiger partial charge in [0, 0.05) is 23.9 Å². The van der Waals surface area contributed by atoms with Crippen LogP contribution >= 0.6 is 22.9 Å². The van der Waals surface area contributed by atoms with Gasteiger partial charge in [-0.15, -0.1) is 11.3 Å². The van der Waals surface area contributed by atoms with E-state index in [1.54, 1.807) is 35.0 Å². The SMILES string of the molecule is COCCOC(=O)Nc1cccc(NC(=O)c2cc3c(C)nn(-c4ccccc4Cl)c3s2)c1. The molecule has 10 heteroatoms. The number of fused-ring (bicyclic) bond motifs is 1. The highest BCUT2D eigenvalue weighted by Crippen LogP contribution is 2.32.